The number of hydrogen-bond donors (Lipinski definition) is 0. The number of benzene rings is 1. The summed E-state index contributed by atoms with van der Waals surface area (Å²) >= 11 is 0. The van der Waals surface area contributed by atoms with Crippen molar-refractivity contribution in [1.82, 2.24) is 9.94 Å². The van der Waals surface area contributed by atoms with E-state index in [1.165, 1.54) is 23.3 Å². The van der Waals surface area contributed by atoms with Crippen molar-refractivity contribution in [2.24, 2.45) is 0 Å². The lowest BCUT2D eigenvalue weighted by atomic mass is 10.3. The minimum absolute atomic E-state index is 0.141. The van der Waals surface area contributed by atoms with Crippen LogP contribution in [0.3, 0.4) is 0 Å². The predicted octanol–water partition coefficient (Wildman–Crippen LogP) is 1.09. The fraction of sp³-hybridized carbons (Fsp3) is 0. The van der Waals surface area contributed by atoms with E-state index in [-0.39, 0.29) is 5.43 Å². The summed E-state index contributed by atoms with van der Waals surface area (Å²) in [6, 6.07) is 10.6. The summed E-state index contributed by atoms with van der Waals surface area (Å²) in [6.45, 7) is 0. The smallest absolute Gasteiger partial charge is 0.200 e. The Bertz CT molecular complexity index is 445. The van der Waals surface area contributed by atoms with Crippen LogP contribution in [0.5, 0.6) is 5.75 Å². The van der Waals surface area contributed by atoms with Gasteiger partial charge in [-0.05, 0) is 12.1 Å². The van der Waals surface area contributed by atoms with Gasteiger partial charge < -0.3 is 4.84 Å². The number of hydrogen-bond acceptors (Lipinski definition) is 3. The summed E-state index contributed by atoms with van der Waals surface area (Å²) in [7, 11) is 0. The normalized spacial score (nSPS) is 9.71. The first-order valence-corrected chi connectivity index (χ1v) is 4.13. The van der Waals surface area contributed by atoms with Crippen LogP contribution in [-0.4, -0.2) is 9.94 Å². The molecule has 1 aromatic carbocycles. The zero-order valence-electron chi connectivity index (χ0n) is 7.33. The van der Waals surface area contributed by atoms with Crippen molar-refractivity contribution in [2.45, 2.75) is 0 Å². The fourth-order valence-corrected chi connectivity index (χ4v) is 0.976. The lowest BCUT2D eigenvalue weighted by Crippen LogP contribution is -2.12. The van der Waals surface area contributed by atoms with Crippen LogP contribution in [0.2, 0.25) is 0 Å². The van der Waals surface area contributed by atoms with E-state index in [1.807, 2.05) is 18.2 Å². The molecule has 70 valence electrons. The van der Waals surface area contributed by atoms with Crippen LogP contribution in [0.4, 0.5) is 0 Å². The predicted molar refractivity (Wildman–Crippen MR) is 51.0 cm³/mol. The average Bonchev–Trinajstić information content (AvgIpc) is 2.23. The standard InChI is InChI=1S/C10H8N2O2/c13-9-6-7-12(11-8-9)14-10-4-2-1-3-5-10/h1-8H. The van der Waals surface area contributed by atoms with E-state index in [4.69, 9.17) is 4.84 Å². The van der Waals surface area contributed by atoms with Crippen molar-refractivity contribution in [1.29, 1.82) is 0 Å². The van der Waals surface area contributed by atoms with Crippen LogP contribution >= 0.6 is 0 Å². The zero-order valence-corrected chi connectivity index (χ0v) is 7.33. The fourth-order valence-electron chi connectivity index (χ4n) is 0.976. The van der Waals surface area contributed by atoms with Gasteiger partial charge in [0.05, 0.1) is 12.4 Å². The highest BCUT2D eigenvalue weighted by Crippen LogP contribution is 2.07. The van der Waals surface area contributed by atoms with E-state index in [1.54, 1.807) is 12.1 Å². The molecule has 0 unspecified atom stereocenters. The van der Waals surface area contributed by atoms with Gasteiger partial charge in [-0.1, -0.05) is 18.2 Å². The Balaban J connectivity index is 2.19. The van der Waals surface area contributed by atoms with Crippen LogP contribution in [0.15, 0.2) is 53.6 Å². The minimum atomic E-state index is -0.141. The molecule has 0 atom stereocenters. The molecule has 0 fully saturated rings. The van der Waals surface area contributed by atoms with Crippen molar-refractivity contribution in [2.75, 3.05) is 0 Å². The first kappa shape index (κ1) is 8.50. The molecule has 14 heavy (non-hydrogen) atoms. The summed E-state index contributed by atoms with van der Waals surface area (Å²) in [5.74, 6) is 0.670. The van der Waals surface area contributed by atoms with E-state index >= 15 is 0 Å². The Morgan fingerprint density at radius 1 is 1.14 bits per heavy atom. The molecule has 4 heteroatoms. The number of aromatic nitrogens is 2. The average molecular weight is 188 g/mol. The quantitative estimate of drug-likeness (QED) is 0.708. The van der Waals surface area contributed by atoms with Crippen LogP contribution in [0, 0.1) is 0 Å². The molecule has 0 spiro atoms. The molecule has 2 rings (SSSR count). The van der Waals surface area contributed by atoms with Crippen LogP contribution in [0.1, 0.15) is 0 Å². The van der Waals surface area contributed by atoms with Crippen molar-refractivity contribution >= 4 is 0 Å². The second-order valence-corrected chi connectivity index (χ2v) is 2.67. The Morgan fingerprint density at radius 2 is 1.93 bits per heavy atom. The maximum Gasteiger partial charge on any atom is 0.200 e. The van der Waals surface area contributed by atoms with Gasteiger partial charge in [0.1, 0.15) is 0 Å². The van der Waals surface area contributed by atoms with Gasteiger partial charge in [-0.2, -0.15) is 0 Å². The Hall–Kier alpha value is -2.10. The van der Waals surface area contributed by atoms with Crippen LogP contribution in [0.25, 0.3) is 0 Å². The molecule has 0 aliphatic rings. The second kappa shape index (κ2) is 3.74. The highest BCUT2D eigenvalue weighted by molar-refractivity contribution is 5.20. The molecule has 0 aliphatic heterocycles. The highest BCUT2D eigenvalue weighted by Gasteiger charge is 1.92. The van der Waals surface area contributed by atoms with E-state index < -0.39 is 0 Å². The molecular weight excluding hydrogens is 180 g/mol. The molecule has 0 amide bonds. The Morgan fingerprint density at radius 3 is 2.57 bits per heavy atom. The van der Waals surface area contributed by atoms with Gasteiger partial charge in [0, 0.05) is 6.07 Å². The molecule has 0 saturated heterocycles. The van der Waals surface area contributed by atoms with E-state index in [9.17, 15) is 4.79 Å². The molecule has 2 aromatic rings. The van der Waals surface area contributed by atoms with Crippen molar-refractivity contribution in [3.8, 4) is 5.75 Å². The maximum atomic E-state index is 10.7. The number of para-hydroxylation sites is 1. The van der Waals surface area contributed by atoms with Gasteiger partial charge in [0.15, 0.2) is 11.2 Å². The van der Waals surface area contributed by atoms with Crippen molar-refractivity contribution in [3.63, 3.8) is 0 Å². The molecule has 0 aliphatic carbocycles. The summed E-state index contributed by atoms with van der Waals surface area (Å²) in [5, 5.41) is 3.76. The van der Waals surface area contributed by atoms with E-state index in [0.717, 1.165) is 0 Å². The number of rotatable bonds is 2. The Kier molecular flexibility index (Phi) is 2.27. The molecule has 0 saturated carbocycles. The summed E-state index contributed by atoms with van der Waals surface area (Å²) in [4.78, 5) is 17.3. The first-order valence-electron chi connectivity index (χ1n) is 4.13. The molecule has 1 aromatic heterocycles. The third-order valence-electron chi connectivity index (χ3n) is 1.61. The zero-order chi connectivity index (χ0) is 9.80. The molecular formula is C10H8N2O2. The molecule has 0 N–H and O–H groups in total. The molecule has 0 bridgehead atoms. The largest absolute Gasteiger partial charge is 0.358 e. The maximum absolute atomic E-state index is 10.7. The summed E-state index contributed by atoms with van der Waals surface area (Å²) in [6.07, 6.45) is 2.66. The molecule has 4 nitrogen and oxygen atoms in total. The lowest BCUT2D eigenvalue weighted by molar-refractivity contribution is 0.173. The Labute approximate surface area is 80.3 Å². The highest BCUT2D eigenvalue weighted by atomic mass is 16.7. The molecule has 1 heterocycles. The third-order valence-corrected chi connectivity index (χ3v) is 1.61. The van der Waals surface area contributed by atoms with E-state index in [0.29, 0.717) is 5.75 Å². The number of nitrogens with zero attached hydrogens (tertiary/aromatic N) is 2. The minimum Gasteiger partial charge on any atom is -0.358 e. The van der Waals surface area contributed by atoms with Gasteiger partial charge in [0.2, 0.25) is 0 Å². The summed E-state index contributed by atoms with van der Waals surface area (Å²) in [5.41, 5.74) is -0.141. The van der Waals surface area contributed by atoms with E-state index in [2.05, 4.69) is 5.10 Å². The van der Waals surface area contributed by atoms with Gasteiger partial charge in [-0.15, -0.1) is 9.94 Å². The SMILES string of the molecule is O=c1ccn(Oc2ccccc2)nc1. The summed E-state index contributed by atoms with van der Waals surface area (Å²) < 4.78 is 0. The van der Waals surface area contributed by atoms with Crippen LogP contribution in [-0.2, 0) is 0 Å². The first-order chi connectivity index (χ1) is 6.84. The lowest BCUT2D eigenvalue weighted by Gasteiger charge is -2.04. The van der Waals surface area contributed by atoms with Gasteiger partial charge in [-0.3, -0.25) is 4.79 Å². The monoisotopic (exact) mass is 188 g/mol. The van der Waals surface area contributed by atoms with Gasteiger partial charge in [-0.25, -0.2) is 0 Å². The van der Waals surface area contributed by atoms with Gasteiger partial charge >= 0.3 is 0 Å². The van der Waals surface area contributed by atoms with Gasteiger partial charge in [0.25, 0.3) is 0 Å². The second-order valence-electron chi connectivity index (χ2n) is 2.67. The topological polar surface area (TPSA) is 44.1 Å². The van der Waals surface area contributed by atoms with Crippen molar-refractivity contribution < 1.29 is 4.84 Å². The van der Waals surface area contributed by atoms with Crippen LogP contribution < -0.4 is 10.3 Å². The third kappa shape index (κ3) is 1.98. The van der Waals surface area contributed by atoms with Crippen molar-refractivity contribution in [3.05, 3.63) is 59.0 Å². The molecule has 0 radical (unpaired) electrons.